The first-order valence-electron chi connectivity index (χ1n) is 4.46. The number of hydrogen-bond donors (Lipinski definition) is 3. The van der Waals surface area contributed by atoms with E-state index >= 15 is 0 Å². The van der Waals surface area contributed by atoms with Crippen molar-refractivity contribution in [2.75, 3.05) is 19.6 Å². The first kappa shape index (κ1) is 10.9. The molecule has 1 heterocycles. The fourth-order valence-electron chi connectivity index (χ4n) is 1.55. The highest BCUT2D eigenvalue weighted by atomic mass is 16.4. The summed E-state index contributed by atoms with van der Waals surface area (Å²) in [6.45, 7) is 2.88. The lowest BCUT2D eigenvalue weighted by atomic mass is 10.1. The minimum atomic E-state index is -0.988. The summed E-state index contributed by atoms with van der Waals surface area (Å²) in [6.07, 6.45) is 0. The summed E-state index contributed by atoms with van der Waals surface area (Å²) < 4.78 is 0. The summed E-state index contributed by atoms with van der Waals surface area (Å²) in [4.78, 5) is 23.0. The number of nitrogens with zero attached hydrogens (tertiary/aromatic N) is 1. The van der Waals surface area contributed by atoms with Gasteiger partial charge in [-0.3, -0.25) is 14.5 Å². The Labute approximate surface area is 81.5 Å². The van der Waals surface area contributed by atoms with Gasteiger partial charge in [0, 0.05) is 19.6 Å². The highest BCUT2D eigenvalue weighted by Crippen LogP contribution is 2.08. The molecule has 0 aromatic carbocycles. The molecule has 6 heteroatoms. The van der Waals surface area contributed by atoms with Crippen molar-refractivity contribution in [1.82, 2.24) is 10.2 Å². The lowest BCUT2D eigenvalue weighted by Crippen LogP contribution is -2.59. The second kappa shape index (κ2) is 4.39. The maximum atomic E-state index is 10.8. The molecule has 0 aromatic heterocycles. The molecule has 0 radical (unpaired) electrons. The van der Waals surface area contributed by atoms with Crippen LogP contribution in [0.3, 0.4) is 0 Å². The molecule has 14 heavy (non-hydrogen) atoms. The molecule has 0 spiro atoms. The first-order valence-corrected chi connectivity index (χ1v) is 4.46. The van der Waals surface area contributed by atoms with E-state index in [9.17, 15) is 9.59 Å². The molecule has 0 amide bonds. The van der Waals surface area contributed by atoms with Crippen molar-refractivity contribution in [3.05, 3.63) is 0 Å². The summed E-state index contributed by atoms with van der Waals surface area (Å²) in [7, 11) is 0. The van der Waals surface area contributed by atoms with Gasteiger partial charge < -0.3 is 15.5 Å². The Morgan fingerprint density at radius 1 is 1.50 bits per heavy atom. The van der Waals surface area contributed by atoms with Crippen LogP contribution in [0.1, 0.15) is 6.92 Å². The van der Waals surface area contributed by atoms with Gasteiger partial charge >= 0.3 is 11.9 Å². The van der Waals surface area contributed by atoms with Gasteiger partial charge in [0.05, 0.1) is 0 Å². The van der Waals surface area contributed by atoms with Gasteiger partial charge in [0.2, 0.25) is 0 Å². The second-order valence-corrected chi connectivity index (χ2v) is 3.31. The van der Waals surface area contributed by atoms with Crippen LogP contribution in [0.5, 0.6) is 0 Å². The molecule has 2 unspecified atom stereocenters. The molecule has 1 saturated heterocycles. The molecule has 1 aliphatic heterocycles. The van der Waals surface area contributed by atoms with Crippen molar-refractivity contribution >= 4 is 11.9 Å². The van der Waals surface area contributed by atoms with Crippen LogP contribution in [-0.4, -0.2) is 58.8 Å². The number of aliphatic carboxylic acids is 2. The smallest absolute Gasteiger partial charge is 0.322 e. The number of piperazine rings is 1. The van der Waals surface area contributed by atoms with E-state index in [-0.39, 0.29) is 0 Å². The number of hydrogen-bond acceptors (Lipinski definition) is 4. The molecular weight excluding hydrogens is 188 g/mol. The molecule has 6 nitrogen and oxygen atoms in total. The second-order valence-electron chi connectivity index (χ2n) is 3.31. The molecule has 1 rings (SSSR count). The number of carbonyl (C=O) groups is 2. The highest BCUT2D eigenvalue weighted by Gasteiger charge is 2.34. The van der Waals surface area contributed by atoms with Gasteiger partial charge in [-0.1, -0.05) is 0 Å². The molecular formula is C8H14N2O4. The third kappa shape index (κ3) is 2.21. The van der Waals surface area contributed by atoms with Crippen molar-refractivity contribution in [2.24, 2.45) is 0 Å². The Morgan fingerprint density at radius 3 is 2.64 bits per heavy atom. The normalized spacial score (nSPS) is 25.6. The Kier molecular flexibility index (Phi) is 3.43. The standard InChI is InChI=1S/C8H14N2O4/c1-5(7(11)12)10-3-2-9-4-6(10)8(13)14/h5-6,9H,2-4H2,1H3,(H,11,12)(H,13,14). The van der Waals surface area contributed by atoms with Crippen LogP contribution in [0.15, 0.2) is 0 Å². The fourth-order valence-corrected chi connectivity index (χ4v) is 1.55. The van der Waals surface area contributed by atoms with Crippen LogP contribution in [0.4, 0.5) is 0 Å². The monoisotopic (exact) mass is 202 g/mol. The Morgan fingerprint density at radius 2 is 2.14 bits per heavy atom. The van der Waals surface area contributed by atoms with Crippen LogP contribution in [0, 0.1) is 0 Å². The summed E-state index contributed by atoms with van der Waals surface area (Å²) in [5, 5.41) is 20.6. The van der Waals surface area contributed by atoms with Crippen LogP contribution < -0.4 is 5.32 Å². The molecule has 3 N–H and O–H groups in total. The van der Waals surface area contributed by atoms with E-state index in [1.54, 1.807) is 0 Å². The van der Waals surface area contributed by atoms with E-state index in [1.807, 2.05) is 0 Å². The lowest BCUT2D eigenvalue weighted by Gasteiger charge is -2.35. The number of nitrogens with one attached hydrogen (secondary N) is 1. The van der Waals surface area contributed by atoms with Gasteiger partial charge in [-0.2, -0.15) is 0 Å². The predicted molar refractivity (Wildman–Crippen MR) is 48.1 cm³/mol. The highest BCUT2D eigenvalue weighted by molar-refractivity contribution is 5.77. The lowest BCUT2D eigenvalue weighted by molar-refractivity contribution is -0.150. The maximum Gasteiger partial charge on any atom is 0.322 e. The van der Waals surface area contributed by atoms with Crippen molar-refractivity contribution in [3.63, 3.8) is 0 Å². The largest absolute Gasteiger partial charge is 0.480 e. The van der Waals surface area contributed by atoms with Gasteiger partial charge in [-0.25, -0.2) is 0 Å². The van der Waals surface area contributed by atoms with Crippen molar-refractivity contribution < 1.29 is 19.8 Å². The van der Waals surface area contributed by atoms with Gasteiger partial charge in [-0.05, 0) is 6.92 Å². The van der Waals surface area contributed by atoms with Gasteiger partial charge in [0.15, 0.2) is 0 Å². The van der Waals surface area contributed by atoms with E-state index in [2.05, 4.69) is 5.32 Å². The Balaban J connectivity index is 2.72. The van der Waals surface area contributed by atoms with E-state index in [4.69, 9.17) is 10.2 Å². The van der Waals surface area contributed by atoms with Crippen LogP contribution in [0.2, 0.25) is 0 Å². The summed E-state index contributed by atoms with van der Waals surface area (Å²) in [5.74, 6) is -1.97. The molecule has 0 aromatic rings. The molecule has 0 saturated carbocycles. The third-order valence-electron chi connectivity index (χ3n) is 2.42. The topological polar surface area (TPSA) is 89.9 Å². The molecule has 0 aliphatic carbocycles. The Bertz CT molecular complexity index is 243. The average molecular weight is 202 g/mol. The van der Waals surface area contributed by atoms with Crippen LogP contribution >= 0.6 is 0 Å². The molecule has 80 valence electrons. The van der Waals surface area contributed by atoms with Crippen molar-refractivity contribution in [2.45, 2.75) is 19.0 Å². The zero-order valence-electron chi connectivity index (χ0n) is 7.93. The van der Waals surface area contributed by atoms with Crippen LogP contribution in [-0.2, 0) is 9.59 Å². The van der Waals surface area contributed by atoms with Crippen molar-refractivity contribution in [3.8, 4) is 0 Å². The van der Waals surface area contributed by atoms with Gasteiger partial charge in [-0.15, -0.1) is 0 Å². The molecule has 0 bridgehead atoms. The Hall–Kier alpha value is -1.14. The zero-order chi connectivity index (χ0) is 10.7. The van der Waals surface area contributed by atoms with E-state index in [0.717, 1.165) is 0 Å². The summed E-state index contributed by atoms with van der Waals surface area (Å²) >= 11 is 0. The van der Waals surface area contributed by atoms with Gasteiger partial charge in [0.25, 0.3) is 0 Å². The number of carboxylic acids is 2. The van der Waals surface area contributed by atoms with Crippen LogP contribution in [0.25, 0.3) is 0 Å². The fraction of sp³-hybridized carbons (Fsp3) is 0.750. The minimum absolute atomic E-state index is 0.299. The third-order valence-corrected chi connectivity index (χ3v) is 2.42. The minimum Gasteiger partial charge on any atom is -0.480 e. The van der Waals surface area contributed by atoms with Gasteiger partial charge in [0.1, 0.15) is 12.1 Å². The maximum absolute atomic E-state index is 10.8. The summed E-state index contributed by atoms with van der Waals surface area (Å²) in [5.41, 5.74) is 0. The molecule has 2 atom stereocenters. The van der Waals surface area contributed by atoms with Crippen molar-refractivity contribution in [1.29, 1.82) is 0 Å². The molecule has 1 fully saturated rings. The number of rotatable bonds is 3. The molecule has 1 aliphatic rings. The van der Waals surface area contributed by atoms with E-state index < -0.39 is 24.0 Å². The zero-order valence-corrected chi connectivity index (χ0v) is 7.93. The quantitative estimate of drug-likeness (QED) is 0.533. The van der Waals surface area contributed by atoms with E-state index in [1.165, 1.54) is 11.8 Å². The average Bonchev–Trinajstić information content (AvgIpc) is 2.16. The first-order chi connectivity index (χ1) is 6.54. The number of carboxylic acid groups (broad SMARTS) is 2. The van der Waals surface area contributed by atoms with E-state index in [0.29, 0.717) is 19.6 Å². The SMILES string of the molecule is CC(C(=O)O)N1CCNCC1C(=O)O. The summed E-state index contributed by atoms with van der Waals surface area (Å²) in [6, 6.07) is -1.49. The predicted octanol–water partition coefficient (Wildman–Crippen LogP) is -1.18.